The van der Waals surface area contributed by atoms with Crippen LogP contribution >= 0.6 is 0 Å². The summed E-state index contributed by atoms with van der Waals surface area (Å²) in [5.74, 6) is 0.726. The van der Waals surface area contributed by atoms with E-state index in [-0.39, 0.29) is 6.03 Å². The summed E-state index contributed by atoms with van der Waals surface area (Å²) in [6, 6.07) is 0.641. The van der Waals surface area contributed by atoms with Gasteiger partial charge in [-0.1, -0.05) is 6.92 Å². The third-order valence-corrected chi connectivity index (χ3v) is 5.33. The molecule has 2 saturated heterocycles. The molecular weight excluding hydrogens is 304 g/mol. The number of hydrogen-bond donors (Lipinski definition) is 1. The summed E-state index contributed by atoms with van der Waals surface area (Å²) < 4.78 is 5.41. The summed E-state index contributed by atoms with van der Waals surface area (Å²) >= 11 is 0. The lowest BCUT2D eigenvalue weighted by Gasteiger charge is -2.36. The average Bonchev–Trinajstić information content (AvgIpc) is 2.60. The van der Waals surface area contributed by atoms with Crippen LogP contribution in [0.5, 0.6) is 0 Å². The van der Waals surface area contributed by atoms with Crippen LogP contribution in [0.4, 0.5) is 4.79 Å². The molecule has 0 unspecified atom stereocenters. The van der Waals surface area contributed by atoms with E-state index in [9.17, 15) is 4.79 Å². The van der Waals surface area contributed by atoms with Crippen molar-refractivity contribution in [2.24, 2.45) is 5.92 Å². The smallest absolute Gasteiger partial charge is 0.317 e. The van der Waals surface area contributed by atoms with Gasteiger partial charge in [-0.15, -0.1) is 0 Å². The molecule has 2 aliphatic rings. The number of carbonyl (C=O) groups excluding carboxylic acids is 1. The van der Waals surface area contributed by atoms with Gasteiger partial charge in [-0.3, -0.25) is 9.80 Å². The van der Waals surface area contributed by atoms with Crippen LogP contribution in [0.25, 0.3) is 0 Å². The number of hydrogen-bond acceptors (Lipinski definition) is 4. The molecule has 0 saturated carbocycles. The van der Waals surface area contributed by atoms with Crippen LogP contribution in [0.15, 0.2) is 0 Å². The van der Waals surface area contributed by atoms with Gasteiger partial charge in [-0.25, -0.2) is 4.79 Å². The lowest BCUT2D eigenvalue weighted by Crippen LogP contribution is -2.48. The maximum atomic E-state index is 12.3. The number of ether oxygens (including phenoxy) is 1. The first kappa shape index (κ1) is 19.5. The van der Waals surface area contributed by atoms with Crippen LogP contribution in [-0.4, -0.2) is 92.3 Å². The molecule has 2 amide bonds. The van der Waals surface area contributed by atoms with Crippen molar-refractivity contribution in [3.8, 4) is 0 Å². The van der Waals surface area contributed by atoms with Crippen molar-refractivity contribution in [2.45, 2.75) is 39.7 Å². The molecule has 6 nitrogen and oxygen atoms in total. The highest BCUT2D eigenvalue weighted by atomic mass is 16.5. The van der Waals surface area contributed by atoms with Crippen molar-refractivity contribution < 1.29 is 9.53 Å². The van der Waals surface area contributed by atoms with Gasteiger partial charge < -0.3 is 15.0 Å². The van der Waals surface area contributed by atoms with E-state index < -0.39 is 0 Å². The monoisotopic (exact) mass is 340 g/mol. The van der Waals surface area contributed by atoms with Crippen molar-refractivity contribution in [3.63, 3.8) is 0 Å². The van der Waals surface area contributed by atoms with E-state index in [4.69, 9.17) is 4.74 Å². The summed E-state index contributed by atoms with van der Waals surface area (Å²) in [5, 5.41) is 3.09. The van der Waals surface area contributed by atoms with E-state index in [0.717, 1.165) is 77.8 Å². The minimum absolute atomic E-state index is 0.111. The molecule has 24 heavy (non-hydrogen) atoms. The number of carbonyl (C=O) groups is 1. The van der Waals surface area contributed by atoms with E-state index >= 15 is 0 Å². The van der Waals surface area contributed by atoms with Gasteiger partial charge in [0.05, 0.1) is 13.2 Å². The highest BCUT2D eigenvalue weighted by Crippen LogP contribution is 2.19. The van der Waals surface area contributed by atoms with Crippen LogP contribution in [0.1, 0.15) is 33.6 Å². The van der Waals surface area contributed by atoms with Crippen LogP contribution in [-0.2, 0) is 4.74 Å². The molecule has 0 aromatic carbocycles. The average molecular weight is 341 g/mol. The van der Waals surface area contributed by atoms with Gasteiger partial charge in [0, 0.05) is 51.9 Å². The number of amides is 2. The number of morpholine rings is 1. The summed E-state index contributed by atoms with van der Waals surface area (Å²) in [6.07, 6.45) is 2.25. The minimum Gasteiger partial charge on any atom is -0.379 e. The summed E-state index contributed by atoms with van der Waals surface area (Å²) in [7, 11) is 0. The molecule has 0 bridgehead atoms. The number of nitrogens with one attached hydrogen (secondary N) is 1. The summed E-state index contributed by atoms with van der Waals surface area (Å²) in [4.78, 5) is 19.2. The topological polar surface area (TPSA) is 48.1 Å². The Labute approximate surface area is 147 Å². The maximum absolute atomic E-state index is 12.3. The molecule has 2 rings (SSSR count). The van der Waals surface area contributed by atoms with E-state index in [1.165, 1.54) is 6.54 Å². The van der Waals surface area contributed by atoms with Crippen LogP contribution in [0.2, 0.25) is 0 Å². The SMILES string of the molecule is CCN(CCNC(=O)N1CCC(CN2CCOCC2)CC1)C(C)C. The number of likely N-dealkylation sites (tertiary alicyclic amines) is 1. The van der Waals surface area contributed by atoms with Gasteiger partial charge in [0.25, 0.3) is 0 Å². The van der Waals surface area contributed by atoms with Crippen LogP contribution < -0.4 is 5.32 Å². The Bertz CT molecular complexity index is 364. The second-order valence-corrected chi connectivity index (χ2v) is 7.30. The van der Waals surface area contributed by atoms with Crippen molar-refractivity contribution >= 4 is 6.03 Å². The lowest BCUT2D eigenvalue weighted by molar-refractivity contribution is 0.0258. The van der Waals surface area contributed by atoms with Gasteiger partial charge in [0.2, 0.25) is 0 Å². The van der Waals surface area contributed by atoms with Gasteiger partial charge in [0.1, 0.15) is 0 Å². The van der Waals surface area contributed by atoms with Crippen LogP contribution in [0, 0.1) is 5.92 Å². The Morgan fingerprint density at radius 3 is 2.46 bits per heavy atom. The molecule has 0 radical (unpaired) electrons. The zero-order valence-electron chi connectivity index (χ0n) is 15.8. The molecule has 0 spiro atoms. The molecule has 0 aromatic rings. The van der Waals surface area contributed by atoms with Gasteiger partial charge >= 0.3 is 6.03 Å². The first-order chi connectivity index (χ1) is 11.6. The molecular formula is C18H36N4O2. The van der Waals surface area contributed by atoms with Crippen molar-refractivity contribution in [1.82, 2.24) is 20.0 Å². The van der Waals surface area contributed by atoms with E-state index in [2.05, 4.69) is 35.9 Å². The number of nitrogens with zero attached hydrogens (tertiary/aromatic N) is 3. The fourth-order valence-electron chi connectivity index (χ4n) is 3.67. The molecule has 2 aliphatic heterocycles. The van der Waals surface area contributed by atoms with Gasteiger partial charge in [-0.05, 0) is 39.2 Å². The minimum atomic E-state index is 0.111. The summed E-state index contributed by atoms with van der Waals surface area (Å²) in [6.45, 7) is 16.1. The van der Waals surface area contributed by atoms with Crippen molar-refractivity contribution in [3.05, 3.63) is 0 Å². The number of urea groups is 1. The molecule has 140 valence electrons. The fraction of sp³-hybridized carbons (Fsp3) is 0.944. The van der Waals surface area contributed by atoms with Gasteiger partial charge in [-0.2, -0.15) is 0 Å². The number of piperidine rings is 1. The largest absolute Gasteiger partial charge is 0.379 e. The zero-order chi connectivity index (χ0) is 17.4. The molecule has 1 N–H and O–H groups in total. The molecule has 0 atom stereocenters. The molecule has 0 aliphatic carbocycles. The molecule has 6 heteroatoms. The Kier molecular flexibility index (Phi) is 8.29. The lowest BCUT2D eigenvalue weighted by atomic mass is 9.96. The predicted octanol–water partition coefficient (Wildman–Crippen LogP) is 1.47. The molecule has 2 heterocycles. The second-order valence-electron chi connectivity index (χ2n) is 7.30. The first-order valence-corrected chi connectivity index (χ1v) is 9.67. The fourth-order valence-corrected chi connectivity index (χ4v) is 3.67. The van der Waals surface area contributed by atoms with Crippen molar-refractivity contribution in [2.75, 3.05) is 65.6 Å². The number of likely N-dealkylation sites (N-methyl/N-ethyl adjacent to an activating group) is 1. The van der Waals surface area contributed by atoms with Crippen LogP contribution in [0.3, 0.4) is 0 Å². The Balaban J connectivity index is 1.61. The highest BCUT2D eigenvalue weighted by molar-refractivity contribution is 5.74. The Morgan fingerprint density at radius 1 is 1.21 bits per heavy atom. The Hall–Kier alpha value is -0.850. The van der Waals surface area contributed by atoms with E-state index in [1.54, 1.807) is 0 Å². The number of rotatable bonds is 7. The highest BCUT2D eigenvalue weighted by Gasteiger charge is 2.24. The Morgan fingerprint density at radius 2 is 1.88 bits per heavy atom. The van der Waals surface area contributed by atoms with Gasteiger partial charge in [0.15, 0.2) is 0 Å². The van der Waals surface area contributed by atoms with E-state index in [1.807, 2.05) is 4.90 Å². The third kappa shape index (κ3) is 6.22. The molecule has 2 fully saturated rings. The molecule has 0 aromatic heterocycles. The zero-order valence-corrected chi connectivity index (χ0v) is 15.8. The quantitative estimate of drug-likeness (QED) is 0.762. The standard InChI is InChI=1S/C18H36N4O2/c1-4-21(16(2)3)10-7-19-18(23)22-8-5-17(6-9-22)15-20-11-13-24-14-12-20/h16-17H,4-15H2,1-3H3,(H,19,23). The normalized spacial score (nSPS) is 20.8. The second kappa shape index (κ2) is 10.2. The first-order valence-electron chi connectivity index (χ1n) is 9.67. The van der Waals surface area contributed by atoms with Crippen molar-refractivity contribution in [1.29, 1.82) is 0 Å². The summed E-state index contributed by atoms with van der Waals surface area (Å²) in [5.41, 5.74) is 0. The predicted molar refractivity (Wildman–Crippen MR) is 97.3 cm³/mol. The third-order valence-electron chi connectivity index (χ3n) is 5.33. The maximum Gasteiger partial charge on any atom is 0.317 e. The van der Waals surface area contributed by atoms with E-state index in [0.29, 0.717) is 6.04 Å².